The fraction of sp³-hybridized carbons (Fsp3) is 0.222. The van der Waals surface area contributed by atoms with Gasteiger partial charge in [0.15, 0.2) is 5.76 Å². The molecule has 0 aliphatic carbocycles. The van der Waals surface area contributed by atoms with Gasteiger partial charge in [0.1, 0.15) is 0 Å². The molecule has 0 aliphatic heterocycles. The van der Waals surface area contributed by atoms with Crippen molar-refractivity contribution in [3.63, 3.8) is 0 Å². The Morgan fingerprint density at radius 3 is 2.86 bits per heavy atom. The lowest BCUT2D eigenvalue weighted by Gasteiger charge is -2.11. The summed E-state index contributed by atoms with van der Waals surface area (Å²) in [5.74, 6) is 0.640. The highest BCUT2D eigenvalue weighted by atomic mass is 32.2. The van der Waals surface area contributed by atoms with Crippen molar-refractivity contribution in [1.82, 2.24) is 9.36 Å². The number of anilines is 2. The van der Waals surface area contributed by atoms with Crippen LogP contribution in [0.25, 0.3) is 0 Å². The number of hydrogen-bond acceptors (Lipinski definition) is 8. The Morgan fingerprint density at radius 1 is 1.25 bits per heavy atom. The first kappa shape index (κ1) is 20.4. The molecule has 0 radical (unpaired) electrons. The number of nitrogens with zero attached hydrogens (tertiary/aromatic N) is 2. The quantitative estimate of drug-likeness (QED) is 0.500. The zero-order valence-corrected chi connectivity index (χ0v) is 17.6. The van der Waals surface area contributed by atoms with E-state index in [0.29, 0.717) is 16.0 Å². The Bertz CT molecular complexity index is 943. The molecule has 7 nitrogen and oxygen atoms in total. The van der Waals surface area contributed by atoms with E-state index >= 15 is 0 Å². The Labute approximate surface area is 174 Å². The van der Waals surface area contributed by atoms with E-state index < -0.39 is 0 Å². The number of carbonyl (C=O) groups is 2. The Kier molecular flexibility index (Phi) is 7.12. The summed E-state index contributed by atoms with van der Waals surface area (Å²) < 4.78 is 9.27. The number of nitrogens with one attached hydrogen (secondary N) is 2. The third kappa shape index (κ3) is 5.60. The van der Waals surface area contributed by atoms with Crippen LogP contribution in [0.3, 0.4) is 0 Å². The first-order valence-corrected chi connectivity index (χ1v) is 11.1. The van der Waals surface area contributed by atoms with Gasteiger partial charge in [-0.05, 0) is 43.0 Å². The summed E-state index contributed by atoms with van der Waals surface area (Å²) in [6, 6.07) is 10.6. The molecule has 2 aromatic heterocycles. The summed E-state index contributed by atoms with van der Waals surface area (Å²) in [5, 5.41) is 6.39. The number of rotatable bonds is 8. The van der Waals surface area contributed by atoms with Gasteiger partial charge in [-0.2, -0.15) is 9.36 Å². The summed E-state index contributed by atoms with van der Waals surface area (Å²) in [6.45, 7) is 3.84. The predicted molar refractivity (Wildman–Crippen MR) is 113 cm³/mol. The monoisotopic (exact) mass is 434 g/mol. The van der Waals surface area contributed by atoms with E-state index in [4.69, 9.17) is 4.42 Å². The third-order valence-corrected chi connectivity index (χ3v) is 6.00. The van der Waals surface area contributed by atoms with Gasteiger partial charge < -0.3 is 9.73 Å². The van der Waals surface area contributed by atoms with Crippen molar-refractivity contribution in [1.29, 1.82) is 0 Å². The van der Waals surface area contributed by atoms with Crippen molar-refractivity contribution < 1.29 is 14.0 Å². The van der Waals surface area contributed by atoms with E-state index in [2.05, 4.69) is 20.0 Å². The highest BCUT2D eigenvalue weighted by molar-refractivity contribution is 8.00. The summed E-state index contributed by atoms with van der Waals surface area (Å²) >= 11 is 4.09. The maximum atomic E-state index is 12.4. The zero-order chi connectivity index (χ0) is 19.9. The van der Waals surface area contributed by atoms with Gasteiger partial charge in [0.2, 0.25) is 16.2 Å². The normalized spacial score (nSPS) is 11.8. The molecule has 0 fully saturated rings. The average Bonchev–Trinajstić information content (AvgIpc) is 3.34. The number of amides is 2. The molecule has 0 saturated heterocycles. The molecule has 2 amide bonds. The van der Waals surface area contributed by atoms with Crippen LogP contribution in [0.1, 0.15) is 24.4 Å². The predicted octanol–water partition coefficient (Wildman–Crippen LogP) is 4.61. The van der Waals surface area contributed by atoms with Crippen LogP contribution in [-0.2, 0) is 4.79 Å². The van der Waals surface area contributed by atoms with E-state index in [1.165, 1.54) is 41.3 Å². The molecule has 2 N–H and O–H groups in total. The van der Waals surface area contributed by atoms with E-state index in [0.717, 1.165) is 10.6 Å². The van der Waals surface area contributed by atoms with Crippen LogP contribution in [0.15, 0.2) is 57.1 Å². The second-order valence-corrected chi connectivity index (χ2v) is 8.92. The average molecular weight is 435 g/mol. The largest absolute Gasteiger partial charge is 0.459 e. The van der Waals surface area contributed by atoms with E-state index in [1.54, 1.807) is 18.2 Å². The van der Waals surface area contributed by atoms with Crippen molar-refractivity contribution in [2.45, 2.75) is 29.1 Å². The molecule has 0 bridgehead atoms. The van der Waals surface area contributed by atoms with Gasteiger partial charge in [-0.3, -0.25) is 14.9 Å². The highest BCUT2D eigenvalue weighted by Gasteiger charge is 2.17. The maximum Gasteiger partial charge on any atom is 0.291 e. The molecule has 28 heavy (non-hydrogen) atoms. The highest BCUT2D eigenvalue weighted by Crippen LogP contribution is 2.27. The van der Waals surface area contributed by atoms with Crippen LogP contribution in [-0.4, -0.2) is 32.2 Å². The topological polar surface area (TPSA) is 97.1 Å². The molecule has 146 valence electrons. The molecule has 3 rings (SSSR count). The molecular weight excluding hydrogens is 416 g/mol. The fourth-order valence-corrected chi connectivity index (χ4v) is 4.36. The number of aromatic nitrogens is 2. The molecule has 0 aliphatic rings. The van der Waals surface area contributed by atoms with Gasteiger partial charge in [0.05, 0.1) is 11.5 Å². The van der Waals surface area contributed by atoms with Crippen LogP contribution in [0, 0.1) is 0 Å². The van der Waals surface area contributed by atoms with Crippen molar-refractivity contribution in [3.8, 4) is 0 Å². The van der Waals surface area contributed by atoms with Crippen molar-refractivity contribution in [2.75, 3.05) is 16.4 Å². The molecule has 1 unspecified atom stereocenters. The standard InChI is InChI=1S/C18H18N4O3S3/c1-3-26-18-21-17(28-22-18)20-15(23)11(2)27-13-7-4-6-12(10-13)19-16(24)14-8-5-9-25-14/h4-11H,3H2,1-2H3,(H,19,24)(H,20,21,22,23). The maximum absolute atomic E-state index is 12.4. The fourth-order valence-electron chi connectivity index (χ4n) is 2.16. The summed E-state index contributed by atoms with van der Waals surface area (Å²) in [7, 11) is 0. The van der Waals surface area contributed by atoms with E-state index in [-0.39, 0.29) is 22.8 Å². The Hall–Kier alpha value is -2.30. The number of thioether (sulfide) groups is 2. The first-order valence-electron chi connectivity index (χ1n) is 8.44. The minimum absolute atomic E-state index is 0.153. The second kappa shape index (κ2) is 9.76. The second-order valence-electron chi connectivity index (χ2n) is 5.52. The number of furan rings is 1. The lowest BCUT2D eigenvalue weighted by Crippen LogP contribution is -2.22. The third-order valence-electron chi connectivity index (χ3n) is 3.43. The molecular formula is C18H18N4O3S3. The lowest BCUT2D eigenvalue weighted by atomic mass is 10.3. The molecule has 1 aromatic carbocycles. The smallest absolute Gasteiger partial charge is 0.291 e. The van der Waals surface area contributed by atoms with Crippen LogP contribution in [0.2, 0.25) is 0 Å². The SMILES string of the molecule is CCSc1nsc(NC(=O)C(C)Sc2cccc(NC(=O)c3ccco3)c2)n1. The van der Waals surface area contributed by atoms with Gasteiger partial charge in [-0.1, -0.05) is 24.8 Å². The number of carbonyl (C=O) groups excluding carboxylic acids is 2. The van der Waals surface area contributed by atoms with Crippen LogP contribution >= 0.6 is 35.1 Å². The summed E-state index contributed by atoms with van der Waals surface area (Å²) in [4.78, 5) is 29.6. The van der Waals surface area contributed by atoms with Crippen molar-refractivity contribution >= 4 is 57.7 Å². The molecule has 3 aromatic rings. The molecule has 10 heteroatoms. The van der Waals surface area contributed by atoms with Crippen molar-refractivity contribution in [3.05, 3.63) is 48.4 Å². The Morgan fingerprint density at radius 2 is 2.11 bits per heavy atom. The lowest BCUT2D eigenvalue weighted by molar-refractivity contribution is -0.115. The van der Waals surface area contributed by atoms with E-state index in [9.17, 15) is 9.59 Å². The molecule has 2 heterocycles. The summed E-state index contributed by atoms with van der Waals surface area (Å²) in [6.07, 6.45) is 1.45. The van der Waals surface area contributed by atoms with Crippen LogP contribution in [0.4, 0.5) is 10.8 Å². The molecule has 1 atom stereocenters. The number of benzene rings is 1. The van der Waals surface area contributed by atoms with E-state index in [1.807, 2.05) is 32.0 Å². The zero-order valence-electron chi connectivity index (χ0n) is 15.2. The van der Waals surface area contributed by atoms with Gasteiger partial charge >= 0.3 is 0 Å². The Balaban J connectivity index is 1.57. The summed E-state index contributed by atoms with van der Waals surface area (Å²) in [5.41, 5.74) is 0.629. The van der Waals surface area contributed by atoms with Crippen molar-refractivity contribution in [2.24, 2.45) is 0 Å². The van der Waals surface area contributed by atoms with Gasteiger partial charge in [0.25, 0.3) is 5.91 Å². The minimum Gasteiger partial charge on any atom is -0.459 e. The van der Waals surface area contributed by atoms with Crippen LogP contribution < -0.4 is 10.6 Å². The molecule has 0 saturated carbocycles. The van der Waals surface area contributed by atoms with Gasteiger partial charge in [-0.25, -0.2) is 0 Å². The molecule has 0 spiro atoms. The van der Waals surface area contributed by atoms with Gasteiger partial charge in [-0.15, -0.1) is 11.8 Å². The number of hydrogen-bond donors (Lipinski definition) is 2. The van der Waals surface area contributed by atoms with Gasteiger partial charge in [0, 0.05) is 22.1 Å². The minimum atomic E-state index is -0.345. The first-order chi connectivity index (χ1) is 13.5. The van der Waals surface area contributed by atoms with Crippen LogP contribution in [0.5, 0.6) is 0 Å².